The molecule has 3 aromatic rings. The maximum absolute atomic E-state index is 13.3. The topological polar surface area (TPSA) is 117 Å². The largest absolute Gasteiger partial charge is 0.341 e. The molecule has 1 aliphatic rings. The van der Waals surface area contributed by atoms with Gasteiger partial charge in [-0.2, -0.15) is 18.2 Å². The Hall–Kier alpha value is -3.15. The van der Waals surface area contributed by atoms with Gasteiger partial charge in [-0.3, -0.25) is 19.0 Å². The maximum atomic E-state index is 13.3. The van der Waals surface area contributed by atoms with Gasteiger partial charge in [-0.1, -0.05) is 12.1 Å². The molecule has 2 aromatic heterocycles. The number of carbonyl (C=O) groups excluding carboxylic acids is 1. The summed E-state index contributed by atoms with van der Waals surface area (Å²) >= 11 is 0. The van der Waals surface area contributed by atoms with E-state index in [0.717, 1.165) is 16.8 Å². The number of nitrogens with zero attached hydrogens (tertiary/aromatic N) is 4. The molecule has 0 radical (unpaired) electrons. The average Bonchev–Trinajstić information content (AvgIpc) is 3.17. The molecule has 0 bridgehead atoms. The summed E-state index contributed by atoms with van der Waals surface area (Å²) in [5, 5.41) is 4.63. The van der Waals surface area contributed by atoms with Crippen molar-refractivity contribution in [3.8, 4) is 11.3 Å². The summed E-state index contributed by atoms with van der Waals surface area (Å²) in [7, 11) is -4.27. The fraction of sp³-hybridized carbons (Fsp3) is 0.318. The maximum Gasteiger partial charge on any atom is 0.333 e. The minimum absolute atomic E-state index is 0.0258. The predicted octanol–water partition coefficient (Wildman–Crippen LogP) is 2.06. The van der Waals surface area contributed by atoms with E-state index in [1.165, 1.54) is 12.1 Å². The lowest BCUT2D eigenvalue weighted by Crippen LogP contribution is -2.47. The van der Waals surface area contributed by atoms with Crippen LogP contribution in [-0.2, 0) is 28.1 Å². The molecule has 0 unspecified atom stereocenters. The van der Waals surface area contributed by atoms with E-state index in [9.17, 15) is 17.6 Å². The predicted molar refractivity (Wildman–Crippen MR) is 119 cm³/mol. The van der Waals surface area contributed by atoms with Crippen LogP contribution in [-0.4, -0.2) is 57.7 Å². The number of carbonyl (C=O) groups is 1. The van der Waals surface area contributed by atoms with Gasteiger partial charge >= 0.3 is 10.3 Å². The third kappa shape index (κ3) is 6.21. The van der Waals surface area contributed by atoms with Crippen LogP contribution < -0.4 is 4.72 Å². The Kier molecular flexibility index (Phi) is 6.82. The van der Waals surface area contributed by atoms with Crippen LogP contribution in [0.3, 0.4) is 0 Å². The van der Waals surface area contributed by atoms with Gasteiger partial charge in [-0.25, -0.2) is 4.39 Å². The Balaban J connectivity index is 1.50. The molecule has 1 saturated heterocycles. The van der Waals surface area contributed by atoms with E-state index in [0.29, 0.717) is 38.0 Å². The van der Waals surface area contributed by atoms with Crippen LogP contribution in [0.1, 0.15) is 24.1 Å². The van der Waals surface area contributed by atoms with Crippen LogP contribution in [0.5, 0.6) is 0 Å². The fourth-order valence-electron chi connectivity index (χ4n) is 3.90. The molecule has 4 rings (SSSR count). The second kappa shape index (κ2) is 9.77. The van der Waals surface area contributed by atoms with Crippen molar-refractivity contribution in [3.63, 3.8) is 0 Å². The lowest BCUT2D eigenvalue weighted by molar-refractivity contribution is -0.133. The SMILES string of the molecule is O=C(Cn1nc(-c2ccncc2)cc1Cc1ccc(F)cc1)N1CCC(NS(=O)(=O)O)CC1. The minimum atomic E-state index is -4.27. The number of likely N-dealkylation sites (tertiary alicyclic amines) is 1. The minimum Gasteiger partial charge on any atom is -0.341 e. The first-order valence-corrected chi connectivity index (χ1v) is 11.9. The molecule has 1 aliphatic heterocycles. The lowest BCUT2D eigenvalue weighted by Gasteiger charge is -2.31. The molecule has 1 fully saturated rings. The Morgan fingerprint density at radius 2 is 1.79 bits per heavy atom. The molecule has 2 N–H and O–H groups in total. The Morgan fingerprint density at radius 1 is 1.12 bits per heavy atom. The molecule has 174 valence electrons. The summed E-state index contributed by atoms with van der Waals surface area (Å²) in [6.45, 7) is 0.771. The summed E-state index contributed by atoms with van der Waals surface area (Å²) in [5.74, 6) is -0.447. The van der Waals surface area contributed by atoms with Crippen LogP contribution in [0.15, 0.2) is 54.9 Å². The zero-order valence-corrected chi connectivity index (χ0v) is 18.6. The first kappa shape index (κ1) is 23.0. The molecule has 0 atom stereocenters. The number of hydrogen-bond acceptors (Lipinski definition) is 5. The zero-order chi connectivity index (χ0) is 23.4. The first-order valence-electron chi connectivity index (χ1n) is 10.5. The molecule has 0 spiro atoms. The van der Waals surface area contributed by atoms with E-state index in [-0.39, 0.29) is 18.3 Å². The zero-order valence-electron chi connectivity index (χ0n) is 17.8. The van der Waals surface area contributed by atoms with Gasteiger partial charge in [-0.15, -0.1) is 0 Å². The highest BCUT2D eigenvalue weighted by Gasteiger charge is 2.26. The fourth-order valence-corrected chi connectivity index (χ4v) is 4.55. The highest BCUT2D eigenvalue weighted by molar-refractivity contribution is 7.83. The molecule has 0 aliphatic carbocycles. The van der Waals surface area contributed by atoms with Gasteiger partial charge in [0, 0.05) is 49.2 Å². The van der Waals surface area contributed by atoms with Gasteiger partial charge in [0.2, 0.25) is 5.91 Å². The van der Waals surface area contributed by atoms with Crippen LogP contribution in [0, 0.1) is 5.82 Å². The number of aromatic nitrogens is 3. The van der Waals surface area contributed by atoms with Crippen LogP contribution >= 0.6 is 0 Å². The number of nitrogens with one attached hydrogen (secondary N) is 1. The number of piperidine rings is 1. The second-order valence-electron chi connectivity index (χ2n) is 7.97. The molecular formula is C22H24FN5O4S. The molecule has 9 nitrogen and oxygen atoms in total. The van der Waals surface area contributed by atoms with E-state index < -0.39 is 16.3 Å². The van der Waals surface area contributed by atoms with Gasteiger partial charge in [0.15, 0.2) is 0 Å². The summed E-state index contributed by atoms with van der Waals surface area (Å²) in [4.78, 5) is 18.7. The average molecular weight is 474 g/mol. The van der Waals surface area contributed by atoms with Crippen molar-refractivity contribution in [3.05, 3.63) is 71.9 Å². The van der Waals surface area contributed by atoms with Gasteiger partial charge in [0.05, 0.1) is 5.69 Å². The van der Waals surface area contributed by atoms with E-state index in [4.69, 9.17) is 4.55 Å². The third-order valence-corrected chi connectivity index (χ3v) is 6.22. The molecule has 1 amide bonds. The van der Waals surface area contributed by atoms with Gasteiger partial charge in [0.25, 0.3) is 0 Å². The summed E-state index contributed by atoms with van der Waals surface area (Å²) in [5.41, 5.74) is 3.28. The highest BCUT2D eigenvalue weighted by atomic mass is 32.2. The van der Waals surface area contributed by atoms with E-state index in [2.05, 4.69) is 14.8 Å². The highest BCUT2D eigenvalue weighted by Crippen LogP contribution is 2.21. The molecule has 33 heavy (non-hydrogen) atoms. The van der Waals surface area contributed by atoms with Crippen LogP contribution in [0.25, 0.3) is 11.3 Å². The van der Waals surface area contributed by atoms with E-state index in [1.807, 2.05) is 18.2 Å². The summed E-state index contributed by atoms with van der Waals surface area (Å²) in [6, 6.07) is 11.4. The lowest BCUT2D eigenvalue weighted by atomic mass is 10.1. The molecule has 0 saturated carbocycles. The van der Waals surface area contributed by atoms with Crippen molar-refractivity contribution >= 4 is 16.2 Å². The van der Waals surface area contributed by atoms with E-state index >= 15 is 0 Å². The van der Waals surface area contributed by atoms with Crippen molar-refractivity contribution in [2.45, 2.75) is 31.8 Å². The van der Waals surface area contributed by atoms with Crippen LogP contribution in [0.4, 0.5) is 4.39 Å². The normalized spacial score (nSPS) is 15.0. The van der Waals surface area contributed by atoms with Crippen molar-refractivity contribution in [1.82, 2.24) is 24.4 Å². The Labute approximate surface area is 191 Å². The summed E-state index contributed by atoms with van der Waals surface area (Å²) in [6.07, 6.45) is 4.64. The standard InChI is InChI=1S/C22H24FN5O4S/c23-18-3-1-16(2-4-18)13-20-14-21(17-5-9-24-10-6-17)25-28(20)15-22(29)27-11-7-19(8-12-27)26-33(30,31)32/h1-6,9-10,14,19,26H,7-8,11-13,15H2,(H,30,31,32). The number of benzene rings is 1. The van der Waals surface area contributed by atoms with Crippen molar-refractivity contribution in [2.75, 3.05) is 13.1 Å². The van der Waals surface area contributed by atoms with Gasteiger partial charge in [0.1, 0.15) is 12.4 Å². The number of rotatable bonds is 7. The van der Waals surface area contributed by atoms with Crippen LogP contribution in [0.2, 0.25) is 0 Å². The molecule has 11 heteroatoms. The molecule has 1 aromatic carbocycles. The number of hydrogen-bond donors (Lipinski definition) is 2. The van der Waals surface area contributed by atoms with Crippen molar-refractivity contribution in [1.29, 1.82) is 0 Å². The second-order valence-corrected chi connectivity index (χ2v) is 9.15. The quantitative estimate of drug-likeness (QED) is 0.507. The van der Waals surface area contributed by atoms with E-state index in [1.54, 1.807) is 34.1 Å². The van der Waals surface area contributed by atoms with Crippen molar-refractivity contribution in [2.24, 2.45) is 0 Å². The number of halogens is 1. The van der Waals surface area contributed by atoms with Crippen molar-refractivity contribution < 1.29 is 22.2 Å². The monoisotopic (exact) mass is 473 g/mol. The Bertz CT molecular complexity index is 1210. The smallest absolute Gasteiger partial charge is 0.333 e. The molecule has 3 heterocycles. The van der Waals surface area contributed by atoms with Gasteiger partial charge < -0.3 is 4.90 Å². The number of amides is 1. The third-order valence-electron chi connectivity index (χ3n) is 5.59. The Morgan fingerprint density at radius 3 is 2.42 bits per heavy atom. The first-order chi connectivity index (χ1) is 15.8. The summed E-state index contributed by atoms with van der Waals surface area (Å²) < 4.78 is 48.1. The molecular weight excluding hydrogens is 449 g/mol. The number of pyridine rings is 1. The van der Waals surface area contributed by atoms with Gasteiger partial charge in [-0.05, 0) is 48.7 Å².